The summed E-state index contributed by atoms with van der Waals surface area (Å²) in [6.45, 7) is 1.88. The monoisotopic (exact) mass is 372 g/mol. The Kier molecular flexibility index (Phi) is 6.05. The molecule has 0 aromatic heterocycles. The van der Waals surface area contributed by atoms with Crippen LogP contribution in [0.2, 0.25) is 0 Å². The molecule has 2 rings (SSSR count). The van der Waals surface area contributed by atoms with Gasteiger partial charge >= 0.3 is 17.5 Å². The molecule has 0 radical (unpaired) electrons. The molecule has 140 valence electrons. The molecule has 10 heteroatoms. The smallest absolute Gasteiger partial charge is 0.329 e. The van der Waals surface area contributed by atoms with Gasteiger partial charge in [-0.15, -0.1) is 0 Å². The van der Waals surface area contributed by atoms with Gasteiger partial charge in [0.05, 0.1) is 18.2 Å². The van der Waals surface area contributed by atoms with E-state index in [2.05, 4.69) is 10.4 Å². The van der Waals surface area contributed by atoms with Crippen LogP contribution in [0, 0.1) is 17.0 Å². The van der Waals surface area contributed by atoms with Crippen molar-refractivity contribution in [1.29, 1.82) is 0 Å². The number of aromatic hydroxyl groups is 1. The number of rotatable bonds is 5. The number of carbonyl (C=O) groups is 2. The van der Waals surface area contributed by atoms with Crippen molar-refractivity contribution in [2.45, 2.75) is 6.92 Å². The normalized spacial score (nSPS) is 10.4. The number of amides is 2. The van der Waals surface area contributed by atoms with Crippen LogP contribution in [0.1, 0.15) is 11.1 Å². The molecule has 0 aliphatic heterocycles. The van der Waals surface area contributed by atoms with Crippen LogP contribution in [0.3, 0.4) is 0 Å². The predicted octanol–water partition coefficient (Wildman–Crippen LogP) is 1.71. The predicted molar refractivity (Wildman–Crippen MR) is 96.9 cm³/mol. The van der Waals surface area contributed by atoms with E-state index in [0.29, 0.717) is 5.69 Å². The molecule has 0 aliphatic carbocycles. The first-order chi connectivity index (χ1) is 12.8. The van der Waals surface area contributed by atoms with E-state index in [1.165, 1.54) is 13.2 Å². The topological polar surface area (TPSA) is 143 Å². The molecule has 0 atom stereocenters. The van der Waals surface area contributed by atoms with E-state index in [9.17, 15) is 24.8 Å². The van der Waals surface area contributed by atoms with Crippen molar-refractivity contribution in [2.24, 2.45) is 5.10 Å². The van der Waals surface area contributed by atoms with E-state index in [1.807, 2.05) is 12.3 Å². The minimum Gasteiger partial charge on any atom is -0.500 e. The summed E-state index contributed by atoms with van der Waals surface area (Å²) in [5, 5.41) is 26.6. The Morgan fingerprint density at radius 3 is 2.48 bits per heavy atom. The lowest BCUT2D eigenvalue weighted by Gasteiger charge is -2.05. The molecule has 27 heavy (non-hydrogen) atoms. The van der Waals surface area contributed by atoms with Crippen LogP contribution in [0.4, 0.5) is 11.4 Å². The summed E-state index contributed by atoms with van der Waals surface area (Å²) in [7, 11) is 1.23. The molecule has 2 amide bonds. The third kappa shape index (κ3) is 5.01. The Morgan fingerprint density at radius 1 is 1.22 bits per heavy atom. The fourth-order valence-corrected chi connectivity index (χ4v) is 2.02. The summed E-state index contributed by atoms with van der Waals surface area (Å²) >= 11 is 0. The quantitative estimate of drug-likeness (QED) is 0.315. The Balaban J connectivity index is 2.04. The standard InChI is InChI=1S/C17H16N4O6/c1-10-3-5-12(6-4-10)19-16(23)17(24)20-18-9-11-7-13(21(25)26)15(22)14(8-11)27-2/h3-9,22H,1-2H3,(H,19,23)(H,20,24)/b18-9+. The molecule has 2 aromatic rings. The second-order valence-electron chi connectivity index (χ2n) is 5.37. The lowest BCUT2D eigenvalue weighted by atomic mass is 10.2. The molecule has 3 N–H and O–H groups in total. The average Bonchev–Trinajstić information content (AvgIpc) is 2.64. The molecule has 0 heterocycles. The maximum atomic E-state index is 11.8. The van der Waals surface area contributed by atoms with Crippen LogP contribution < -0.4 is 15.5 Å². The van der Waals surface area contributed by atoms with Crippen LogP contribution in [0.25, 0.3) is 0 Å². The number of hydrogen-bond donors (Lipinski definition) is 3. The van der Waals surface area contributed by atoms with Crippen LogP contribution in [0.5, 0.6) is 11.5 Å². The number of nitrogens with one attached hydrogen (secondary N) is 2. The number of hydrogen-bond acceptors (Lipinski definition) is 7. The van der Waals surface area contributed by atoms with Gasteiger partial charge in [0, 0.05) is 17.3 Å². The van der Waals surface area contributed by atoms with E-state index in [-0.39, 0.29) is 11.3 Å². The van der Waals surface area contributed by atoms with Gasteiger partial charge in [-0.2, -0.15) is 5.10 Å². The van der Waals surface area contributed by atoms with Gasteiger partial charge in [0.2, 0.25) is 5.75 Å². The van der Waals surface area contributed by atoms with E-state index in [0.717, 1.165) is 17.8 Å². The number of hydrazone groups is 1. The van der Waals surface area contributed by atoms with Crippen LogP contribution >= 0.6 is 0 Å². The van der Waals surface area contributed by atoms with Gasteiger partial charge < -0.3 is 15.2 Å². The van der Waals surface area contributed by atoms with Gasteiger partial charge in [-0.05, 0) is 25.1 Å². The molecule has 0 unspecified atom stereocenters. The third-order valence-electron chi connectivity index (χ3n) is 3.39. The second-order valence-corrected chi connectivity index (χ2v) is 5.37. The molecule has 0 spiro atoms. The first kappa shape index (κ1) is 19.4. The zero-order chi connectivity index (χ0) is 20.0. The average molecular weight is 372 g/mol. The number of methoxy groups -OCH3 is 1. The van der Waals surface area contributed by atoms with Gasteiger partial charge in [-0.1, -0.05) is 17.7 Å². The van der Waals surface area contributed by atoms with Crippen molar-refractivity contribution in [1.82, 2.24) is 5.43 Å². The second kappa shape index (κ2) is 8.43. The molecule has 0 aliphatic rings. The zero-order valence-electron chi connectivity index (χ0n) is 14.4. The van der Waals surface area contributed by atoms with Crippen LogP contribution in [-0.4, -0.2) is 35.2 Å². The van der Waals surface area contributed by atoms with Crippen molar-refractivity contribution < 1.29 is 24.4 Å². The van der Waals surface area contributed by atoms with E-state index < -0.39 is 28.2 Å². The summed E-state index contributed by atoms with van der Waals surface area (Å²) in [4.78, 5) is 33.7. The van der Waals surface area contributed by atoms with Gasteiger partial charge in [0.1, 0.15) is 0 Å². The number of nitrogens with zero attached hydrogens (tertiary/aromatic N) is 2. The highest BCUT2D eigenvalue weighted by atomic mass is 16.6. The van der Waals surface area contributed by atoms with Crippen molar-refractivity contribution in [2.75, 3.05) is 12.4 Å². The number of carbonyl (C=O) groups excluding carboxylic acids is 2. The van der Waals surface area contributed by atoms with E-state index in [4.69, 9.17) is 4.74 Å². The molecule has 2 aromatic carbocycles. The van der Waals surface area contributed by atoms with E-state index >= 15 is 0 Å². The minimum atomic E-state index is -1.02. The summed E-state index contributed by atoms with van der Waals surface area (Å²) in [5.74, 6) is -2.70. The Hall–Kier alpha value is -3.95. The molecular formula is C17H16N4O6. The molecule has 0 saturated heterocycles. The van der Waals surface area contributed by atoms with Gasteiger partial charge in [0.25, 0.3) is 0 Å². The molecule has 0 fully saturated rings. The molecular weight excluding hydrogens is 356 g/mol. The van der Waals surface area contributed by atoms with Gasteiger partial charge in [-0.3, -0.25) is 19.7 Å². The number of nitro benzene ring substituents is 1. The number of benzene rings is 2. The maximum absolute atomic E-state index is 11.8. The largest absolute Gasteiger partial charge is 0.500 e. The lowest BCUT2D eigenvalue weighted by molar-refractivity contribution is -0.386. The maximum Gasteiger partial charge on any atom is 0.329 e. The number of nitro groups is 1. The van der Waals surface area contributed by atoms with Crippen molar-refractivity contribution >= 4 is 29.4 Å². The third-order valence-corrected chi connectivity index (χ3v) is 3.39. The first-order valence-electron chi connectivity index (χ1n) is 7.58. The number of anilines is 1. The Bertz CT molecular complexity index is 908. The fourth-order valence-electron chi connectivity index (χ4n) is 2.02. The Morgan fingerprint density at radius 2 is 1.89 bits per heavy atom. The Labute approximate surface area is 153 Å². The molecule has 0 saturated carbocycles. The SMILES string of the molecule is COc1cc(/C=N/NC(=O)C(=O)Nc2ccc(C)cc2)cc([N+](=O)[O-])c1O. The highest BCUT2D eigenvalue weighted by Crippen LogP contribution is 2.36. The number of phenols is 1. The zero-order valence-corrected chi connectivity index (χ0v) is 14.4. The van der Waals surface area contributed by atoms with Crippen molar-refractivity contribution in [3.8, 4) is 11.5 Å². The number of phenolic OH excluding ortho intramolecular Hbond substituents is 1. The fraction of sp³-hybridized carbons (Fsp3) is 0.118. The summed E-state index contributed by atoms with van der Waals surface area (Å²) < 4.78 is 4.85. The highest BCUT2D eigenvalue weighted by Gasteiger charge is 2.19. The van der Waals surface area contributed by atoms with Gasteiger partial charge in [-0.25, -0.2) is 5.43 Å². The summed E-state index contributed by atoms with van der Waals surface area (Å²) in [6, 6.07) is 9.16. The van der Waals surface area contributed by atoms with Gasteiger partial charge in [0.15, 0.2) is 5.75 Å². The molecule has 10 nitrogen and oxygen atoms in total. The van der Waals surface area contributed by atoms with Crippen LogP contribution in [0.15, 0.2) is 41.5 Å². The number of aryl methyl sites for hydroxylation is 1. The number of ether oxygens (including phenoxy) is 1. The lowest BCUT2D eigenvalue weighted by Crippen LogP contribution is -2.32. The summed E-state index contributed by atoms with van der Waals surface area (Å²) in [6.07, 6.45) is 1.08. The van der Waals surface area contributed by atoms with Crippen molar-refractivity contribution in [3.63, 3.8) is 0 Å². The van der Waals surface area contributed by atoms with Crippen LogP contribution in [-0.2, 0) is 9.59 Å². The highest BCUT2D eigenvalue weighted by molar-refractivity contribution is 6.39. The summed E-state index contributed by atoms with van der Waals surface area (Å²) in [5.41, 5.74) is 3.05. The first-order valence-corrected chi connectivity index (χ1v) is 7.58. The molecule has 0 bridgehead atoms. The minimum absolute atomic E-state index is 0.130. The van der Waals surface area contributed by atoms with Crippen molar-refractivity contribution in [3.05, 3.63) is 57.6 Å². The van der Waals surface area contributed by atoms with E-state index in [1.54, 1.807) is 24.3 Å².